The molecule has 9 heteroatoms. The molecule has 1 aliphatic rings. The lowest BCUT2D eigenvalue weighted by Gasteiger charge is -2.50. The van der Waals surface area contributed by atoms with E-state index in [1.54, 1.807) is 0 Å². The second-order valence-corrected chi connectivity index (χ2v) is 7.52. The fraction of sp³-hybridized carbons (Fsp3) is 0.562. The number of hydrogen-bond acceptors (Lipinski definition) is 2. The van der Waals surface area contributed by atoms with Crippen LogP contribution in [0.1, 0.15) is 26.7 Å². The highest BCUT2D eigenvalue weighted by atomic mass is 35.5. The van der Waals surface area contributed by atoms with E-state index in [0.717, 1.165) is 18.2 Å². The van der Waals surface area contributed by atoms with Crippen molar-refractivity contribution in [2.45, 2.75) is 43.8 Å². The van der Waals surface area contributed by atoms with Gasteiger partial charge in [0.25, 0.3) is 0 Å². The number of carbonyl (C=O) groups is 1. The molecule has 1 amide bonds. The van der Waals surface area contributed by atoms with Crippen molar-refractivity contribution in [3.63, 3.8) is 0 Å². The summed E-state index contributed by atoms with van der Waals surface area (Å²) >= 11 is 5.87. The van der Waals surface area contributed by atoms with Gasteiger partial charge in [-0.15, -0.1) is 11.6 Å². The number of benzene rings is 1. The van der Waals surface area contributed by atoms with Gasteiger partial charge in [-0.1, -0.05) is 0 Å². The minimum absolute atomic E-state index is 0.321. The Morgan fingerprint density at radius 2 is 1.96 bits per heavy atom. The number of amides is 1. The van der Waals surface area contributed by atoms with Crippen LogP contribution in [0.3, 0.4) is 0 Å². The fourth-order valence-corrected chi connectivity index (χ4v) is 3.36. The molecule has 0 unspecified atom stereocenters. The number of hydrogen-bond donors (Lipinski definition) is 1. The number of rotatable bonds is 5. The molecular weight excluding hydrogens is 369 g/mol. The Morgan fingerprint density at radius 1 is 1.36 bits per heavy atom. The first-order chi connectivity index (χ1) is 11.4. The van der Waals surface area contributed by atoms with Gasteiger partial charge in [0.15, 0.2) is 11.6 Å². The highest BCUT2D eigenvalue weighted by Crippen LogP contribution is 2.60. The van der Waals surface area contributed by atoms with Crippen LogP contribution in [-0.4, -0.2) is 29.6 Å². The van der Waals surface area contributed by atoms with Gasteiger partial charge in [-0.25, -0.2) is 8.78 Å². The third-order valence-corrected chi connectivity index (χ3v) is 4.34. The van der Waals surface area contributed by atoms with Gasteiger partial charge in [0.2, 0.25) is 5.91 Å². The highest BCUT2D eigenvalue weighted by molar-refractivity contribution is 6.25. The van der Waals surface area contributed by atoms with Gasteiger partial charge in [-0.3, -0.25) is 4.79 Å². The Kier molecular flexibility index (Phi) is 5.23. The summed E-state index contributed by atoms with van der Waals surface area (Å²) in [6.07, 6.45) is -5.79. The van der Waals surface area contributed by atoms with Crippen LogP contribution in [0.4, 0.5) is 22.0 Å². The van der Waals surface area contributed by atoms with Gasteiger partial charge in [0.1, 0.15) is 17.8 Å². The Hall–Kier alpha value is -1.57. The predicted molar refractivity (Wildman–Crippen MR) is 81.4 cm³/mol. The van der Waals surface area contributed by atoms with E-state index in [9.17, 15) is 26.7 Å². The molecule has 1 aliphatic carbocycles. The minimum Gasteiger partial charge on any atom is -0.488 e. The third kappa shape index (κ3) is 4.16. The Balaban J connectivity index is 1.98. The number of alkyl halides is 4. The van der Waals surface area contributed by atoms with Gasteiger partial charge >= 0.3 is 6.18 Å². The lowest BCUT2D eigenvalue weighted by molar-refractivity contribution is -0.249. The van der Waals surface area contributed by atoms with Crippen molar-refractivity contribution in [2.75, 3.05) is 6.61 Å². The first-order valence-corrected chi connectivity index (χ1v) is 7.89. The van der Waals surface area contributed by atoms with Crippen molar-refractivity contribution in [2.24, 2.45) is 5.41 Å². The standard InChI is InChI=1S/C16H17ClF5NO2/c1-9(6-25-12-5-10(18)3-4-11(12)19)23-13(24)15(16(20,21)22)7-14(2,17)8-15/h3-5,9H,6-8H2,1-2H3,(H,23,24)/t9-,14?,15?/m1/s1. The second-order valence-electron chi connectivity index (χ2n) is 6.61. The first-order valence-electron chi connectivity index (χ1n) is 7.51. The topological polar surface area (TPSA) is 38.3 Å². The van der Waals surface area contributed by atoms with E-state index >= 15 is 0 Å². The molecule has 0 aliphatic heterocycles. The molecule has 1 N–H and O–H groups in total. The molecule has 0 bridgehead atoms. The van der Waals surface area contributed by atoms with E-state index in [4.69, 9.17) is 16.3 Å². The van der Waals surface area contributed by atoms with Crippen molar-refractivity contribution in [3.05, 3.63) is 29.8 Å². The summed E-state index contributed by atoms with van der Waals surface area (Å²) in [6.45, 7) is 2.51. The van der Waals surface area contributed by atoms with E-state index in [1.165, 1.54) is 13.8 Å². The summed E-state index contributed by atoms with van der Waals surface area (Å²) in [5.74, 6) is -3.12. The molecule has 140 valence electrons. The van der Waals surface area contributed by atoms with E-state index in [-0.39, 0.29) is 12.4 Å². The summed E-state index contributed by atoms with van der Waals surface area (Å²) in [5.41, 5.74) is -2.54. The van der Waals surface area contributed by atoms with Crippen molar-refractivity contribution in [3.8, 4) is 5.75 Å². The maximum absolute atomic E-state index is 13.4. The molecule has 2 rings (SSSR count). The van der Waals surface area contributed by atoms with Gasteiger partial charge < -0.3 is 10.1 Å². The molecule has 0 radical (unpaired) electrons. The molecule has 0 heterocycles. The van der Waals surface area contributed by atoms with Crippen LogP contribution < -0.4 is 10.1 Å². The van der Waals surface area contributed by atoms with Crippen molar-refractivity contribution >= 4 is 17.5 Å². The highest BCUT2D eigenvalue weighted by Gasteiger charge is 2.70. The van der Waals surface area contributed by atoms with E-state index in [0.29, 0.717) is 0 Å². The summed E-state index contributed by atoms with van der Waals surface area (Å²) in [6, 6.07) is 1.73. The molecular formula is C16H17ClF5NO2. The summed E-state index contributed by atoms with van der Waals surface area (Å²) in [5, 5.41) is 2.21. The monoisotopic (exact) mass is 385 g/mol. The zero-order valence-electron chi connectivity index (χ0n) is 13.5. The number of ether oxygens (including phenoxy) is 1. The number of carbonyl (C=O) groups excluding carboxylic acids is 1. The Labute approximate surface area is 146 Å². The maximum atomic E-state index is 13.4. The van der Waals surface area contributed by atoms with E-state index in [2.05, 4.69) is 5.32 Å². The van der Waals surface area contributed by atoms with Crippen LogP contribution in [0.5, 0.6) is 5.75 Å². The normalized spacial score (nSPS) is 27.4. The van der Waals surface area contributed by atoms with Crippen LogP contribution in [0.2, 0.25) is 0 Å². The largest absolute Gasteiger partial charge is 0.488 e. The predicted octanol–water partition coefficient (Wildman–Crippen LogP) is 4.19. The Bertz CT molecular complexity index is 654. The molecule has 1 saturated carbocycles. The average molecular weight is 386 g/mol. The SMILES string of the molecule is C[C@H](COc1cc(F)ccc1F)NC(=O)C1(C(F)(F)F)CC(C)(Cl)C1. The molecule has 0 saturated heterocycles. The van der Waals surface area contributed by atoms with Crippen molar-refractivity contribution < 1.29 is 31.5 Å². The van der Waals surface area contributed by atoms with Gasteiger partial charge in [-0.2, -0.15) is 13.2 Å². The molecule has 25 heavy (non-hydrogen) atoms. The average Bonchev–Trinajstić information content (AvgIpc) is 2.44. The third-order valence-electron chi connectivity index (χ3n) is 4.08. The zero-order chi connectivity index (χ0) is 19.0. The minimum atomic E-state index is -4.74. The van der Waals surface area contributed by atoms with Crippen LogP contribution in [0, 0.1) is 17.0 Å². The molecule has 0 aromatic heterocycles. The summed E-state index contributed by atoms with van der Waals surface area (Å²) in [7, 11) is 0. The molecule has 1 fully saturated rings. The van der Waals surface area contributed by atoms with Crippen molar-refractivity contribution in [1.82, 2.24) is 5.32 Å². The summed E-state index contributed by atoms with van der Waals surface area (Å²) < 4.78 is 71.4. The summed E-state index contributed by atoms with van der Waals surface area (Å²) in [4.78, 5) is 11.1. The molecule has 3 nitrogen and oxygen atoms in total. The number of nitrogens with one attached hydrogen (secondary N) is 1. The van der Waals surface area contributed by atoms with Crippen LogP contribution in [0.25, 0.3) is 0 Å². The number of halogens is 6. The zero-order valence-corrected chi connectivity index (χ0v) is 14.3. The van der Waals surface area contributed by atoms with Gasteiger partial charge in [-0.05, 0) is 38.8 Å². The van der Waals surface area contributed by atoms with E-state index < -0.39 is 52.9 Å². The lowest BCUT2D eigenvalue weighted by atomic mass is 9.60. The lowest BCUT2D eigenvalue weighted by Crippen LogP contribution is -2.63. The quantitative estimate of drug-likeness (QED) is 0.609. The van der Waals surface area contributed by atoms with Gasteiger partial charge in [0.05, 0.1) is 6.04 Å². The molecule has 1 atom stereocenters. The van der Waals surface area contributed by atoms with E-state index in [1.807, 2.05) is 0 Å². The molecule has 1 aromatic carbocycles. The molecule has 1 aromatic rings. The maximum Gasteiger partial charge on any atom is 0.403 e. The molecule has 0 spiro atoms. The first kappa shape index (κ1) is 19.8. The van der Waals surface area contributed by atoms with Crippen LogP contribution in [-0.2, 0) is 4.79 Å². The fourth-order valence-electron chi connectivity index (χ4n) is 2.90. The van der Waals surface area contributed by atoms with Crippen molar-refractivity contribution in [1.29, 1.82) is 0 Å². The van der Waals surface area contributed by atoms with Crippen LogP contribution >= 0.6 is 11.6 Å². The second kappa shape index (κ2) is 6.63. The van der Waals surface area contributed by atoms with Crippen LogP contribution in [0.15, 0.2) is 18.2 Å². The Morgan fingerprint density at radius 3 is 2.48 bits per heavy atom. The smallest absolute Gasteiger partial charge is 0.403 e. The van der Waals surface area contributed by atoms with Gasteiger partial charge in [0, 0.05) is 10.9 Å².